The molecule has 0 heterocycles. The second kappa shape index (κ2) is 5.50. The van der Waals surface area contributed by atoms with Gasteiger partial charge in [-0.3, -0.25) is 0 Å². The predicted molar refractivity (Wildman–Crippen MR) is 80.7 cm³/mol. The average molecular weight is 234 g/mol. The zero-order valence-electron chi connectivity index (χ0n) is 11.0. The van der Waals surface area contributed by atoms with Crippen LogP contribution >= 0.6 is 0 Å². The Balaban J connectivity index is 2.46. The van der Waals surface area contributed by atoms with Crippen LogP contribution in [0.1, 0.15) is 12.5 Å². The van der Waals surface area contributed by atoms with Crippen molar-refractivity contribution in [1.29, 1.82) is 0 Å². The number of aryl methyl sites for hydroxylation is 1. The maximum Gasteiger partial charge on any atom is -0.0178 e. The Hall–Kier alpha value is -2.08. The maximum atomic E-state index is 4.11. The third-order valence-corrected chi connectivity index (χ3v) is 3.00. The summed E-state index contributed by atoms with van der Waals surface area (Å²) >= 11 is 0. The lowest BCUT2D eigenvalue weighted by atomic mass is 10.0. The van der Waals surface area contributed by atoms with Crippen molar-refractivity contribution >= 4 is 12.7 Å². The second-order valence-corrected chi connectivity index (χ2v) is 4.47. The number of benzene rings is 2. The van der Waals surface area contributed by atoms with Crippen LogP contribution in [-0.2, 0) is 0 Å². The number of allylic oxidation sites excluding steroid dienone is 2. The van der Waals surface area contributed by atoms with E-state index in [1.54, 1.807) is 0 Å². The van der Waals surface area contributed by atoms with Gasteiger partial charge < -0.3 is 0 Å². The lowest BCUT2D eigenvalue weighted by molar-refractivity contribution is 1.46. The van der Waals surface area contributed by atoms with Crippen LogP contribution in [0.25, 0.3) is 23.8 Å². The molecule has 2 aromatic carbocycles. The van der Waals surface area contributed by atoms with Crippen molar-refractivity contribution in [3.05, 3.63) is 70.6 Å². The minimum absolute atomic E-state index is 1.06. The number of hydrogen-bond acceptors (Lipinski definition) is 0. The van der Waals surface area contributed by atoms with Crippen LogP contribution in [0.2, 0.25) is 0 Å². The molecule has 0 spiro atoms. The number of hydrogen-bond donors (Lipinski definition) is 0. The predicted octanol–water partition coefficient (Wildman–Crippen LogP) is 3.43. The molecule has 2 aromatic rings. The molecule has 0 aromatic heterocycles. The first kappa shape index (κ1) is 12.4. The molecule has 0 aliphatic rings. The normalized spacial score (nSPS) is 12.2. The van der Waals surface area contributed by atoms with Crippen molar-refractivity contribution in [2.75, 3.05) is 0 Å². The van der Waals surface area contributed by atoms with Crippen molar-refractivity contribution in [3.63, 3.8) is 0 Å². The molecule has 0 nitrogen and oxygen atoms in total. The SMILES string of the molecule is C=c1cc(-c2ccc(C)cc2)cc/c1=C/C=C\C. The zero-order chi connectivity index (χ0) is 13.0. The first-order valence-corrected chi connectivity index (χ1v) is 6.20. The molecule has 90 valence electrons. The van der Waals surface area contributed by atoms with Gasteiger partial charge in [0, 0.05) is 0 Å². The van der Waals surface area contributed by atoms with Gasteiger partial charge in [-0.25, -0.2) is 0 Å². The van der Waals surface area contributed by atoms with E-state index >= 15 is 0 Å². The van der Waals surface area contributed by atoms with Gasteiger partial charge in [-0.2, -0.15) is 0 Å². The van der Waals surface area contributed by atoms with Crippen molar-refractivity contribution < 1.29 is 0 Å². The lowest BCUT2D eigenvalue weighted by Gasteiger charge is -2.02. The monoisotopic (exact) mass is 234 g/mol. The third kappa shape index (κ3) is 2.78. The first-order chi connectivity index (χ1) is 8.70. The number of rotatable bonds is 2. The molecule has 0 heteroatoms. The summed E-state index contributed by atoms with van der Waals surface area (Å²) in [4.78, 5) is 0. The van der Waals surface area contributed by atoms with E-state index in [-0.39, 0.29) is 0 Å². The van der Waals surface area contributed by atoms with E-state index in [2.05, 4.69) is 62.0 Å². The Morgan fingerprint density at radius 2 is 1.61 bits per heavy atom. The van der Waals surface area contributed by atoms with E-state index in [0.29, 0.717) is 0 Å². The Labute approximate surface area is 109 Å². The van der Waals surface area contributed by atoms with Crippen LogP contribution < -0.4 is 10.4 Å². The van der Waals surface area contributed by atoms with Gasteiger partial charge in [0.2, 0.25) is 0 Å². The van der Waals surface area contributed by atoms with Gasteiger partial charge in [0.25, 0.3) is 0 Å². The largest absolute Gasteiger partial charge is 0.0911 e. The summed E-state index contributed by atoms with van der Waals surface area (Å²) in [5.41, 5.74) is 3.74. The quantitative estimate of drug-likeness (QED) is 0.747. The van der Waals surface area contributed by atoms with Crippen LogP contribution in [-0.4, -0.2) is 0 Å². The van der Waals surface area contributed by atoms with Gasteiger partial charge in [0.15, 0.2) is 0 Å². The minimum Gasteiger partial charge on any atom is -0.0911 e. The van der Waals surface area contributed by atoms with Gasteiger partial charge in [0.05, 0.1) is 0 Å². The highest BCUT2D eigenvalue weighted by molar-refractivity contribution is 5.64. The summed E-state index contributed by atoms with van der Waals surface area (Å²) in [6.45, 7) is 8.23. The molecule has 0 bridgehead atoms. The van der Waals surface area contributed by atoms with Gasteiger partial charge in [-0.1, -0.05) is 66.8 Å². The second-order valence-electron chi connectivity index (χ2n) is 4.47. The van der Waals surface area contributed by atoms with Crippen LogP contribution in [0.15, 0.2) is 54.6 Å². The highest BCUT2D eigenvalue weighted by Crippen LogP contribution is 2.16. The molecule has 0 aliphatic heterocycles. The standard InChI is InChI=1S/C18H18/c1-4-5-6-16-11-12-18(13-15(16)3)17-9-7-14(2)8-10-17/h4-13H,3H2,1-2H3/b5-4-,16-6-. The Morgan fingerprint density at radius 3 is 2.22 bits per heavy atom. The molecule has 0 unspecified atom stereocenters. The summed E-state index contributed by atoms with van der Waals surface area (Å²) in [5.74, 6) is 0. The van der Waals surface area contributed by atoms with Crippen LogP contribution in [0, 0.1) is 6.92 Å². The first-order valence-electron chi connectivity index (χ1n) is 6.20. The lowest BCUT2D eigenvalue weighted by Crippen LogP contribution is -2.22. The molecule has 0 saturated heterocycles. The highest BCUT2D eigenvalue weighted by atomic mass is 14.0. The summed E-state index contributed by atoms with van der Waals surface area (Å²) in [6, 6.07) is 15.0. The third-order valence-electron chi connectivity index (χ3n) is 3.00. The Kier molecular flexibility index (Phi) is 3.78. The molecular weight excluding hydrogens is 216 g/mol. The smallest absolute Gasteiger partial charge is 0.0178 e. The summed E-state index contributed by atoms with van der Waals surface area (Å²) in [7, 11) is 0. The highest BCUT2D eigenvalue weighted by Gasteiger charge is 1.96. The van der Waals surface area contributed by atoms with E-state index in [0.717, 1.165) is 5.22 Å². The van der Waals surface area contributed by atoms with Crippen LogP contribution in [0.4, 0.5) is 0 Å². The average Bonchev–Trinajstić information content (AvgIpc) is 2.38. The molecule has 0 N–H and O–H groups in total. The van der Waals surface area contributed by atoms with E-state index in [1.165, 1.54) is 21.9 Å². The van der Waals surface area contributed by atoms with Crippen molar-refractivity contribution in [1.82, 2.24) is 0 Å². The van der Waals surface area contributed by atoms with Crippen LogP contribution in [0.5, 0.6) is 0 Å². The molecule has 2 rings (SSSR count). The van der Waals surface area contributed by atoms with E-state index in [1.807, 2.05) is 19.1 Å². The fourth-order valence-electron chi connectivity index (χ4n) is 1.89. The fraction of sp³-hybridized carbons (Fsp3) is 0.111. The zero-order valence-corrected chi connectivity index (χ0v) is 11.0. The van der Waals surface area contributed by atoms with E-state index in [4.69, 9.17) is 0 Å². The van der Waals surface area contributed by atoms with Gasteiger partial charge in [-0.15, -0.1) is 0 Å². The van der Waals surface area contributed by atoms with E-state index < -0.39 is 0 Å². The van der Waals surface area contributed by atoms with Gasteiger partial charge in [-0.05, 0) is 41.5 Å². The summed E-state index contributed by atoms with van der Waals surface area (Å²) in [5, 5.41) is 2.23. The molecule has 0 atom stereocenters. The molecule has 0 fully saturated rings. The van der Waals surface area contributed by atoms with Crippen molar-refractivity contribution in [2.24, 2.45) is 0 Å². The van der Waals surface area contributed by atoms with E-state index in [9.17, 15) is 0 Å². The summed E-state index contributed by atoms with van der Waals surface area (Å²) < 4.78 is 0. The molecule has 0 aliphatic carbocycles. The molecule has 0 amide bonds. The van der Waals surface area contributed by atoms with Crippen LogP contribution in [0.3, 0.4) is 0 Å². The van der Waals surface area contributed by atoms with Crippen molar-refractivity contribution in [3.8, 4) is 11.1 Å². The Morgan fingerprint density at radius 1 is 0.944 bits per heavy atom. The molecule has 0 saturated carbocycles. The fourth-order valence-corrected chi connectivity index (χ4v) is 1.89. The topological polar surface area (TPSA) is 0 Å². The molecule has 0 radical (unpaired) electrons. The Bertz CT molecular complexity index is 658. The van der Waals surface area contributed by atoms with Crippen molar-refractivity contribution in [2.45, 2.75) is 13.8 Å². The molecular formula is C18H18. The van der Waals surface area contributed by atoms with Gasteiger partial charge >= 0.3 is 0 Å². The summed E-state index contributed by atoms with van der Waals surface area (Å²) in [6.07, 6.45) is 6.14. The maximum absolute atomic E-state index is 4.11. The van der Waals surface area contributed by atoms with Gasteiger partial charge in [0.1, 0.15) is 0 Å². The minimum atomic E-state index is 1.06. The molecule has 18 heavy (non-hydrogen) atoms.